The summed E-state index contributed by atoms with van der Waals surface area (Å²) in [5, 5.41) is 10.2. The first-order valence-electron chi connectivity index (χ1n) is 8.70. The number of aromatic nitrogens is 2. The van der Waals surface area contributed by atoms with Crippen molar-refractivity contribution in [2.24, 2.45) is 0 Å². The monoisotopic (exact) mass is 340 g/mol. The SMILES string of the molecule is CN(CC[C@H](O)c1ccccc1)C(=O)c1cnc(N2CCCC2)nc1. The van der Waals surface area contributed by atoms with Crippen molar-refractivity contribution in [1.82, 2.24) is 14.9 Å². The lowest BCUT2D eigenvalue weighted by Gasteiger charge is -2.20. The molecule has 1 saturated heterocycles. The zero-order valence-corrected chi connectivity index (χ0v) is 14.5. The van der Waals surface area contributed by atoms with E-state index in [9.17, 15) is 9.90 Å². The Morgan fingerprint density at radius 2 is 1.84 bits per heavy atom. The Balaban J connectivity index is 1.54. The molecule has 1 N–H and O–H groups in total. The van der Waals surface area contributed by atoms with Crippen LogP contribution >= 0.6 is 0 Å². The third kappa shape index (κ3) is 4.33. The van der Waals surface area contributed by atoms with Crippen molar-refractivity contribution < 1.29 is 9.90 Å². The van der Waals surface area contributed by atoms with Crippen LogP contribution in [0.25, 0.3) is 0 Å². The van der Waals surface area contributed by atoms with Crippen LogP contribution in [0.5, 0.6) is 0 Å². The molecule has 2 aromatic rings. The molecule has 132 valence electrons. The zero-order valence-electron chi connectivity index (χ0n) is 14.5. The van der Waals surface area contributed by atoms with Crippen molar-refractivity contribution in [2.45, 2.75) is 25.4 Å². The third-order valence-electron chi connectivity index (χ3n) is 4.54. The number of benzene rings is 1. The van der Waals surface area contributed by atoms with Crippen molar-refractivity contribution in [2.75, 3.05) is 31.6 Å². The molecule has 1 amide bonds. The Hall–Kier alpha value is -2.47. The van der Waals surface area contributed by atoms with E-state index in [1.807, 2.05) is 30.3 Å². The van der Waals surface area contributed by atoms with Gasteiger partial charge < -0.3 is 14.9 Å². The minimum absolute atomic E-state index is 0.131. The van der Waals surface area contributed by atoms with Crippen LogP contribution in [0.3, 0.4) is 0 Å². The fourth-order valence-electron chi connectivity index (χ4n) is 2.99. The van der Waals surface area contributed by atoms with E-state index in [-0.39, 0.29) is 5.91 Å². The predicted octanol–water partition coefficient (Wildman–Crippen LogP) is 2.27. The lowest BCUT2D eigenvalue weighted by atomic mass is 10.1. The molecule has 1 aromatic heterocycles. The van der Waals surface area contributed by atoms with Crippen molar-refractivity contribution in [1.29, 1.82) is 0 Å². The number of carbonyl (C=O) groups is 1. The van der Waals surface area contributed by atoms with Crippen LogP contribution in [0.1, 0.15) is 41.3 Å². The van der Waals surface area contributed by atoms with Gasteiger partial charge in [0.2, 0.25) is 5.95 Å². The molecule has 2 heterocycles. The lowest BCUT2D eigenvalue weighted by molar-refractivity contribution is 0.0760. The molecule has 3 rings (SSSR count). The van der Waals surface area contributed by atoms with E-state index in [2.05, 4.69) is 14.9 Å². The van der Waals surface area contributed by atoms with Gasteiger partial charge in [-0.15, -0.1) is 0 Å². The van der Waals surface area contributed by atoms with Crippen molar-refractivity contribution in [3.05, 3.63) is 53.9 Å². The molecular formula is C19H24N4O2. The van der Waals surface area contributed by atoms with E-state index in [0.717, 1.165) is 31.5 Å². The highest BCUT2D eigenvalue weighted by Gasteiger charge is 2.18. The Kier molecular flexibility index (Phi) is 5.60. The van der Waals surface area contributed by atoms with Crippen LogP contribution in [0.4, 0.5) is 5.95 Å². The third-order valence-corrected chi connectivity index (χ3v) is 4.54. The summed E-state index contributed by atoms with van der Waals surface area (Å²) < 4.78 is 0. The van der Waals surface area contributed by atoms with Crippen LogP contribution in [0.15, 0.2) is 42.7 Å². The Morgan fingerprint density at radius 1 is 1.20 bits per heavy atom. The number of aliphatic hydroxyl groups is 1. The topological polar surface area (TPSA) is 69.6 Å². The van der Waals surface area contributed by atoms with Crippen LogP contribution in [0.2, 0.25) is 0 Å². The number of hydrogen-bond donors (Lipinski definition) is 1. The normalized spacial score (nSPS) is 15.2. The summed E-state index contributed by atoms with van der Waals surface area (Å²) in [5.74, 6) is 0.560. The number of nitrogens with zero attached hydrogens (tertiary/aromatic N) is 4. The fourth-order valence-corrected chi connectivity index (χ4v) is 2.99. The molecule has 0 spiro atoms. The van der Waals surface area contributed by atoms with Gasteiger partial charge in [0, 0.05) is 39.1 Å². The quantitative estimate of drug-likeness (QED) is 0.873. The molecule has 6 nitrogen and oxygen atoms in total. The van der Waals surface area contributed by atoms with Crippen LogP contribution in [-0.2, 0) is 0 Å². The molecule has 0 radical (unpaired) electrons. The van der Waals surface area contributed by atoms with Crippen LogP contribution in [-0.4, -0.2) is 52.6 Å². The minimum atomic E-state index is -0.578. The standard InChI is InChI=1S/C19H24N4O2/c1-22(12-9-17(24)15-7-3-2-4-8-15)18(25)16-13-20-19(21-14-16)23-10-5-6-11-23/h2-4,7-8,13-14,17,24H,5-6,9-12H2,1H3/t17-/m0/s1. The summed E-state index contributed by atoms with van der Waals surface area (Å²) in [6, 6.07) is 9.48. The van der Waals surface area contributed by atoms with E-state index in [0.29, 0.717) is 24.5 Å². The fraction of sp³-hybridized carbons (Fsp3) is 0.421. The van der Waals surface area contributed by atoms with Crippen molar-refractivity contribution in [3.63, 3.8) is 0 Å². The van der Waals surface area contributed by atoms with E-state index in [1.54, 1.807) is 24.3 Å². The molecule has 1 aliphatic rings. The maximum atomic E-state index is 12.5. The molecule has 1 atom stereocenters. The van der Waals surface area contributed by atoms with Crippen LogP contribution < -0.4 is 4.90 Å². The largest absolute Gasteiger partial charge is 0.388 e. The second-order valence-electron chi connectivity index (χ2n) is 6.41. The molecule has 0 saturated carbocycles. The van der Waals surface area contributed by atoms with Gasteiger partial charge in [-0.3, -0.25) is 4.79 Å². The Labute approximate surface area is 148 Å². The first kappa shape index (κ1) is 17.4. The first-order valence-corrected chi connectivity index (χ1v) is 8.70. The smallest absolute Gasteiger partial charge is 0.256 e. The van der Waals surface area contributed by atoms with E-state index in [1.165, 1.54) is 0 Å². The second-order valence-corrected chi connectivity index (χ2v) is 6.41. The van der Waals surface area contributed by atoms with Gasteiger partial charge in [0.05, 0.1) is 11.7 Å². The van der Waals surface area contributed by atoms with Crippen molar-refractivity contribution >= 4 is 11.9 Å². The summed E-state index contributed by atoms with van der Waals surface area (Å²) in [5.41, 5.74) is 1.33. The number of aliphatic hydroxyl groups excluding tert-OH is 1. The number of carbonyl (C=O) groups excluding carboxylic acids is 1. The maximum Gasteiger partial charge on any atom is 0.256 e. The van der Waals surface area contributed by atoms with Gasteiger partial charge in [-0.1, -0.05) is 30.3 Å². The molecular weight excluding hydrogens is 316 g/mol. The molecule has 0 aliphatic carbocycles. The maximum absolute atomic E-state index is 12.5. The van der Waals surface area contributed by atoms with E-state index < -0.39 is 6.10 Å². The highest BCUT2D eigenvalue weighted by Crippen LogP contribution is 2.17. The van der Waals surface area contributed by atoms with Gasteiger partial charge in [0.1, 0.15) is 0 Å². The van der Waals surface area contributed by atoms with Gasteiger partial charge in [-0.25, -0.2) is 9.97 Å². The number of anilines is 1. The summed E-state index contributed by atoms with van der Waals surface area (Å²) >= 11 is 0. The average Bonchev–Trinajstić information content (AvgIpc) is 3.21. The number of hydrogen-bond acceptors (Lipinski definition) is 5. The van der Waals surface area contributed by atoms with Gasteiger partial charge in [0.15, 0.2) is 0 Å². The van der Waals surface area contributed by atoms with Gasteiger partial charge >= 0.3 is 0 Å². The lowest BCUT2D eigenvalue weighted by Crippen LogP contribution is -2.29. The van der Waals surface area contributed by atoms with Gasteiger partial charge in [-0.05, 0) is 24.8 Å². The molecule has 1 fully saturated rings. The molecule has 0 unspecified atom stereocenters. The number of amides is 1. The van der Waals surface area contributed by atoms with Gasteiger partial charge in [-0.2, -0.15) is 0 Å². The molecule has 25 heavy (non-hydrogen) atoms. The van der Waals surface area contributed by atoms with Crippen LogP contribution in [0, 0.1) is 0 Å². The van der Waals surface area contributed by atoms with E-state index >= 15 is 0 Å². The molecule has 0 bridgehead atoms. The van der Waals surface area contributed by atoms with Gasteiger partial charge in [0.25, 0.3) is 5.91 Å². The predicted molar refractivity (Wildman–Crippen MR) is 96.5 cm³/mol. The Bertz CT molecular complexity index is 684. The molecule has 1 aromatic carbocycles. The van der Waals surface area contributed by atoms with Crippen molar-refractivity contribution in [3.8, 4) is 0 Å². The first-order chi connectivity index (χ1) is 12.1. The minimum Gasteiger partial charge on any atom is -0.388 e. The second kappa shape index (κ2) is 8.07. The summed E-state index contributed by atoms with van der Waals surface area (Å²) in [7, 11) is 1.73. The summed E-state index contributed by atoms with van der Waals surface area (Å²) in [6.45, 7) is 2.41. The van der Waals surface area contributed by atoms with E-state index in [4.69, 9.17) is 0 Å². The zero-order chi connectivity index (χ0) is 17.6. The number of rotatable bonds is 6. The summed E-state index contributed by atoms with van der Waals surface area (Å²) in [4.78, 5) is 24.9. The molecule has 6 heteroatoms. The Morgan fingerprint density at radius 3 is 2.48 bits per heavy atom. The highest BCUT2D eigenvalue weighted by molar-refractivity contribution is 5.93. The molecule has 1 aliphatic heterocycles. The summed E-state index contributed by atoms with van der Waals surface area (Å²) in [6.07, 6.45) is 5.41. The average molecular weight is 340 g/mol. The highest BCUT2D eigenvalue weighted by atomic mass is 16.3.